The van der Waals surface area contributed by atoms with Crippen LogP contribution in [0, 0.1) is 0 Å². The van der Waals surface area contributed by atoms with E-state index in [1.54, 1.807) is 0 Å². The molecule has 0 atom stereocenters. The first-order valence-corrected chi connectivity index (χ1v) is 5.37. The zero-order valence-electron chi connectivity index (χ0n) is 12.4. The van der Waals surface area contributed by atoms with Gasteiger partial charge in [-0.1, -0.05) is 0 Å². The predicted octanol–water partition coefficient (Wildman–Crippen LogP) is -7.61. The van der Waals surface area contributed by atoms with E-state index >= 15 is 0 Å². The summed E-state index contributed by atoms with van der Waals surface area (Å²) in [6, 6.07) is 0. The molecule has 0 spiro atoms. The number of nitrogens with two attached hydrogens (primary N) is 2. The number of carboxylic acid groups (broad SMARTS) is 4. The zero-order chi connectivity index (χ0) is 16.1. The van der Waals surface area contributed by atoms with E-state index in [0.717, 1.165) is 0 Å². The number of rotatable bonds is 9. The minimum atomic E-state index is -2.22. The SMILES string of the molecule is NC(CC(=O)O)(CC(=O)O)C(N)(CC(=O)O)CC(=O)O.O.O.O.O.[NaH].[NaH].[NaH].[NaH]. The van der Waals surface area contributed by atoms with E-state index in [1.807, 2.05) is 0 Å². The average molecular weight is 460 g/mol. The summed E-state index contributed by atoms with van der Waals surface area (Å²) in [5, 5.41) is 35.1. The summed E-state index contributed by atoms with van der Waals surface area (Å²) in [6.45, 7) is 0. The van der Waals surface area contributed by atoms with Crippen LogP contribution >= 0.6 is 0 Å². The molecular formula is C10H28N2Na4O12. The molecule has 0 radical (unpaired) electrons. The van der Waals surface area contributed by atoms with Crippen LogP contribution in [0.1, 0.15) is 25.7 Å². The van der Waals surface area contributed by atoms with Crippen LogP contribution in [0.5, 0.6) is 0 Å². The van der Waals surface area contributed by atoms with Gasteiger partial charge in [0, 0.05) is 0 Å². The van der Waals surface area contributed by atoms with Crippen LogP contribution in [0.2, 0.25) is 0 Å². The van der Waals surface area contributed by atoms with E-state index in [-0.39, 0.29) is 140 Å². The maximum atomic E-state index is 10.8. The summed E-state index contributed by atoms with van der Waals surface area (Å²) >= 11 is 0. The summed E-state index contributed by atoms with van der Waals surface area (Å²) in [5.41, 5.74) is 6.88. The first-order chi connectivity index (χ1) is 8.92. The fourth-order valence-corrected chi connectivity index (χ4v) is 1.91. The molecule has 0 saturated heterocycles. The molecule has 0 amide bonds. The van der Waals surface area contributed by atoms with Gasteiger partial charge in [0.25, 0.3) is 0 Å². The van der Waals surface area contributed by atoms with E-state index in [2.05, 4.69) is 0 Å². The zero-order valence-corrected chi connectivity index (χ0v) is 12.4. The molecule has 0 aliphatic heterocycles. The number of carbonyl (C=O) groups is 4. The van der Waals surface area contributed by atoms with Gasteiger partial charge in [-0.25, -0.2) is 0 Å². The first-order valence-electron chi connectivity index (χ1n) is 5.37. The van der Waals surface area contributed by atoms with E-state index < -0.39 is 60.6 Å². The number of carboxylic acids is 4. The van der Waals surface area contributed by atoms with Crippen LogP contribution < -0.4 is 11.5 Å². The fourth-order valence-electron chi connectivity index (χ4n) is 1.91. The Morgan fingerprint density at radius 1 is 0.500 bits per heavy atom. The monoisotopic (exact) mass is 460 g/mol. The molecule has 16 N–H and O–H groups in total. The van der Waals surface area contributed by atoms with Crippen LogP contribution in [0.3, 0.4) is 0 Å². The Morgan fingerprint density at radius 3 is 0.679 bits per heavy atom. The standard InChI is InChI=1S/C10H16N2O8.4Na.4H2O.4H/c11-9(1-5(13)14,2-6(15)16)10(12,3-7(17)18)4-8(19)20;;;;;;;;;;;;/h1-4,11-12H2,(H,13,14)(H,15,16)(H,17,18)(H,19,20);;;;;4*1H2;;;;. The van der Waals surface area contributed by atoms with Gasteiger partial charge in [0.15, 0.2) is 0 Å². The Labute approximate surface area is 248 Å². The fraction of sp³-hybridized carbons (Fsp3) is 0.600. The van der Waals surface area contributed by atoms with Crippen molar-refractivity contribution in [2.24, 2.45) is 11.5 Å². The van der Waals surface area contributed by atoms with E-state index in [4.69, 9.17) is 31.9 Å². The Bertz CT molecular complexity index is 382. The Hall–Kier alpha value is 1.64. The van der Waals surface area contributed by atoms with Crippen molar-refractivity contribution in [1.29, 1.82) is 0 Å². The van der Waals surface area contributed by atoms with Crippen molar-refractivity contribution in [2.45, 2.75) is 36.8 Å². The molecule has 154 valence electrons. The second kappa shape index (κ2) is 24.9. The topological polar surface area (TPSA) is 327 Å². The van der Waals surface area contributed by atoms with Gasteiger partial charge < -0.3 is 53.8 Å². The van der Waals surface area contributed by atoms with Gasteiger partial charge in [-0.15, -0.1) is 0 Å². The van der Waals surface area contributed by atoms with Gasteiger partial charge in [-0.05, 0) is 0 Å². The molecule has 14 nitrogen and oxygen atoms in total. The van der Waals surface area contributed by atoms with Crippen LogP contribution in [0.4, 0.5) is 0 Å². The van der Waals surface area contributed by atoms with Crippen molar-refractivity contribution in [2.75, 3.05) is 0 Å². The second-order valence-corrected chi connectivity index (χ2v) is 4.59. The van der Waals surface area contributed by atoms with E-state index in [9.17, 15) is 19.2 Å². The van der Waals surface area contributed by atoms with Gasteiger partial charge in [0.05, 0.1) is 36.8 Å². The Kier molecular flexibility index (Phi) is 50.8. The van der Waals surface area contributed by atoms with Crippen LogP contribution in [-0.2, 0) is 19.2 Å². The van der Waals surface area contributed by atoms with Crippen LogP contribution in [0.15, 0.2) is 0 Å². The number of aliphatic carboxylic acids is 4. The number of hydrogen-bond donors (Lipinski definition) is 6. The van der Waals surface area contributed by atoms with E-state index in [1.165, 1.54) is 0 Å². The third-order valence-corrected chi connectivity index (χ3v) is 2.86. The maximum absolute atomic E-state index is 10.8. The molecule has 18 heteroatoms. The van der Waals surface area contributed by atoms with Crippen LogP contribution in [-0.4, -0.2) is 196 Å². The van der Waals surface area contributed by atoms with Gasteiger partial charge in [-0.3, -0.25) is 19.2 Å². The molecule has 0 aromatic carbocycles. The third kappa shape index (κ3) is 20.9. The molecule has 0 heterocycles. The molecule has 0 bridgehead atoms. The molecule has 0 aromatic rings. The van der Waals surface area contributed by atoms with Crippen molar-refractivity contribution < 1.29 is 61.5 Å². The summed E-state index contributed by atoms with van der Waals surface area (Å²) in [7, 11) is 0. The molecule has 0 aliphatic rings. The summed E-state index contributed by atoms with van der Waals surface area (Å²) in [4.78, 5) is 43.2. The van der Waals surface area contributed by atoms with E-state index in [0.29, 0.717) is 0 Å². The second-order valence-electron chi connectivity index (χ2n) is 4.59. The Morgan fingerprint density at radius 2 is 0.607 bits per heavy atom. The van der Waals surface area contributed by atoms with Gasteiger partial charge in [0.2, 0.25) is 0 Å². The molecule has 0 aliphatic carbocycles. The molecule has 0 aromatic heterocycles. The molecule has 0 fully saturated rings. The molecule has 0 unspecified atom stereocenters. The normalized spacial score (nSPS) is 8.50. The summed E-state index contributed by atoms with van der Waals surface area (Å²) in [6.07, 6.45) is -3.90. The average Bonchev–Trinajstić information content (AvgIpc) is 2.10. The quantitative estimate of drug-likeness (QED) is 0.176. The summed E-state index contributed by atoms with van der Waals surface area (Å²) in [5.74, 6) is -6.06. The molecule has 28 heavy (non-hydrogen) atoms. The van der Waals surface area contributed by atoms with Crippen molar-refractivity contribution in [3.63, 3.8) is 0 Å². The first kappa shape index (κ1) is 57.1. The van der Waals surface area contributed by atoms with Gasteiger partial charge in [-0.2, -0.15) is 0 Å². The minimum absolute atomic E-state index is 0. The number of hydrogen-bond acceptors (Lipinski definition) is 6. The summed E-state index contributed by atoms with van der Waals surface area (Å²) < 4.78 is 0. The predicted molar refractivity (Wildman–Crippen MR) is 106 cm³/mol. The molecule has 0 saturated carbocycles. The van der Waals surface area contributed by atoms with Crippen molar-refractivity contribution >= 4 is 142 Å². The third-order valence-electron chi connectivity index (χ3n) is 2.86. The molecular weight excluding hydrogens is 432 g/mol. The van der Waals surface area contributed by atoms with Crippen molar-refractivity contribution in [1.82, 2.24) is 0 Å². The van der Waals surface area contributed by atoms with Crippen molar-refractivity contribution in [3.05, 3.63) is 0 Å². The van der Waals surface area contributed by atoms with Gasteiger partial charge >= 0.3 is 142 Å². The Balaban J connectivity index is -0.0000000645. The molecule has 0 rings (SSSR count). The van der Waals surface area contributed by atoms with Crippen molar-refractivity contribution in [3.8, 4) is 0 Å². The van der Waals surface area contributed by atoms with Crippen LogP contribution in [0.25, 0.3) is 0 Å². The van der Waals surface area contributed by atoms with Gasteiger partial charge in [0.1, 0.15) is 0 Å².